The summed E-state index contributed by atoms with van der Waals surface area (Å²) in [5.41, 5.74) is 1.88. The van der Waals surface area contributed by atoms with Crippen LogP contribution in [0.1, 0.15) is 24.1 Å². The second-order valence-electron chi connectivity index (χ2n) is 6.99. The number of hydrogen-bond acceptors (Lipinski definition) is 6. The van der Waals surface area contributed by atoms with Crippen LogP contribution in [0.15, 0.2) is 41.4 Å². The summed E-state index contributed by atoms with van der Waals surface area (Å²) >= 11 is 0. The van der Waals surface area contributed by atoms with Gasteiger partial charge in [-0.1, -0.05) is 12.1 Å². The monoisotopic (exact) mass is 403 g/mol. The Bertz CT molecular complexity index is 923. The summed E-state index contributed by atoms with van der Waals surface area (Å²) in [6.07, 6.45) is 3.93. The van der Waals surface area contributed by atoms with E-state index in [0.29, 0.717) is 13.0 Å². The molecule has 1 aliphatic rings. The number of benzene rings is 1. The average Bonchev–Trinajstić information content (AvgIpc) is 2.68. The van der Waals surface area contributed by atoms with Gasteiger partial charge in [0.25, 0.3) is 0 Å². The highest BCUT2D eigenvalue weighted by atomic mass is 32.2. The standard InChI is InChI=1S/C19H25N5O3S/c1-14-6-10-22-19(23-14)24-12-8-16(9-13-24)18(25)21-11-7-15-2-4-17(5-3-15)28(20,26)27/h2-6,10,16H,7-9,11-13H2,1H3,(H,21,25)(H2,20,26,27). The number of primary sulfonamides is 1. The summed E-state index contributed by atoms with van der Waals surface area (Å²) in [5, 5.41) is 8.07. The zero-order chi connectivity index (χ0) is 20.1. The molecular formula is C19H25N5O3S. The van der Waals surface area contributed by atoms with Crippen molar-refractivity contribution in [3.63, 3.8) is 0 Å². The van der Waals surface area contributed by atoms with Gasteiger partial charge in [0.1, 0.15) is 0 Å². The molecule has 1 fully saturated rings. The lowest BCUT2D eigenvalue weighted by Gasteiger charge is -2.31. The third-order valence-corrected chi connectivity index (χ3v) is 5.82. The predicted molar refractivity (Wildman–Crippen MR) is 106 cm³/mol. The minimum absolute atomic E-state index is 0.00850. The van der Waals surface area contributed by atoms with Gasteiger partial charge in [0.15, 0.2) is 0 Å². The minimum Gasteiger partial charge on any atom is -0.356 e. The summed E-state index contributed by atoms with van der Waals surface area (Å²) < 4.78 is 22.5. The normalized spacial score (nSPS) is 15.4. The topological polar surface area (TPSA) is 118 Å². The molecule has 9 heteroatoms. The second kappa shape index (κ2) is 8.66. The highest BCUT2D eigenvalue weighted by Crippen LogP contribution is 2.20. The quantitative estimate of drug-likeness (QED) is 0.743. The number of sulfonamides is 1. The third-order valence-electron chi connectivity index (χ3n) is 4.90. The SMILES string of the molecule is Cc1ccnc(N2CCC(C(=O)NCCc3ccc(S(N)(=O)=O)cc3)CC2)n1. The van der Waals surface area contributed by atoms with E-state index in [1.54, 1.807) is 18.3 Å². The molecule has 1 aromatic carbocycles. The summed E-state index contributed by atoms with van der Waals surface area (Å²) in [6.45, 7) is 3.97. The van der Waals surface area contributed by atoms with E-state index in [1.807, 2.05) is 13.0 Å². The maximum Gasteiger partial charge on any atom is 0.238 e. The van der Waals surface area contributed by atoms with Crippen molar-refractivity contribution < 1.29 is 13.2 Å². The summed E-state index contributed by atoms with van der Waals surface area (Å²) in [6, 6.07) is 8.26. The number of rotatable bonds is 6. The summed E-state index contributed by atoms with van der Waals surface area (Å²) in [7, 11) is -3.68. The molecule has 1 aromatic heterocycles. The number of hydrogen-bond donors (Lipinski definition) is 2. The van der Waals surface area contributed by atoms with Crippen LogP contribution in [0.3, 0.4) is 0 Å². The Balaban J connectivity index is 1.43. The van der Waals surface area contributed by atoms with Gasteiger partial charge in [-0.2, -0.15) is 0 Å². The molecule has 150 valence electrons. The number of nitrogens with one attached hydrogen (secondary N) is 1. The van der Waals surface area contributed by atoms with Crippen LogP contribution in [-0.2, 0) is 21.2 Å². The molecule has 0 spiro atoms. The van der Waals surface area contributed by atoms with Crippen LogP contribution in [0.2, 0.25) is 0 Å². The Morgan fingerprint density at radius 3 is 2.50 bits per heavy atom. The van der Waals surface area contributed by atoms with Crippen molar-refractivity contribution >= 4 is 21.9 Å². The number of piperidine rings is 1. The van der Waals surface area contributed by atoms with Crippen LogP contribution >= 0.6 is 0 Å². The smallest absolute Gasteiger partial charge is 0.238 e. The van der Waals surface area contributed by atoms with E-state index < -0.39 is 10.0 Å². The van der Waals surface area contributed by atoms with Gasteiger partial charge < -0.3 is 10.2 Å². The average molecular weight is 404 g/mol. The van der Waals surface area contributed by atoms with E-state index in [0.717, 1.165) is 43.1 Å². The van der Waals surface area contributed by atoms with Gasteiger partial charge in [-0.3, -0.25) is 4.79 Å². The molecule has 0 aliphatic carbocycles. The summed E-state index contributed by atoms with van der Waals surface area (Å²) in [4.78, 5) is 23.4. The van der Waals surface area contributed by atoms with Gasteiger partial charge in [-0.15, -0.1) is 0 Å². The highest BCUT2D eigenvalue weighted by molar-refractivity contribution is 7.89. The Morgan fingerprint density at radius 2 is 1.89 bits per heavy atom. The van der Waals surface area contributed by atoms with Gasteiger partial charge in [0.2, 0.25) is 21.9 Å². The molecule has 3 rings (SSSR count). The fourth-order valence-electron chi connectivity index (χ4n) is 3.25. The van der Waals surface area contributed by atoms with E-state index in [4.69, 9.17) is 5.14 Å². The van der Waals surface area contributed by atoms with E-state index >= 15 is 0 Å². The van der Waals surface area contributed by atoms with E-state index in [-0.39, 0.29) is 16.7 Å². The molecule has 28 heavy (non-hydrogen) atoms. The van der Waals surface area contributed by atoms with E-state index in [2.05, 4.69) is 20.2 Å². The zero-order valence-corrected chi connectivity index (χ0v) is 16.7. The molecule has 0 unspecified atom stereocenters. The molecule has 0 saturated carbocycles. The lowest BCUT2D eigenvalue weighted by atomic mass is 9.96. The second-order valence-corrected chi connectivity index (χ2v) is 8.55. The number of carbonyl (C=O) groups excluding carboxylic acids is 1. The van der Waals surface area contributed by atoms with Crippen molar-refractivity contribution in [3.8, 4) is 0 Å². The number of aryl methyl sites for hydroxylation is 1. The van der Waals surface area contributed by atoms with Crippen LogP contribution in [0, 0.1) is 12.8 Å². The predicted octanol–water partition coefficient (Wildman–Crippen LogP) is 1.01. The molecular weight excluding hydrogens is 378 g/mol. The van der Waals surface area contributed by atoms with Gasteiger partial charge >= 0.3 is 0 Å². The van der Waals surface area contributed by atoms with Crippen molar-refractivity contribution in [1.82, 2.24) is 15.3 Å². The molecule has 1 amide bonds. The van der Waals surface area contributed by atoms with Crippen molar-refractivity contribution in [1.29, 1.82) is 0 Å². The van der Waals surface area contributed by atoms with E-state index in [9.17, 15) is 13.2 Å². The Hall–Kier alpha value is -2.52. The van der Waals surface area contributed by atoms with Crippen LogP contribution < -0.4 is 15.4 Å². The molecule has 2 heterocycles. The minimum atomic E-state index is -3.68. The number of nitrogens with two attached hydrogens (primary N) is 1. The summed E-state index contributed by atoms with van der Waals surface area (Å²) in [5.74, 6) is 0.776. The molecule has 1 aliphatic heterocycles. The van der Waals surface area contributed by atoms with Crippen LogP contribution in [0.25, 0.3) is 0 Å². The fourth-order valence-corrected chi connectivity index (χ4v) is 3.77. The van der Waals surface area contributed by atoms with Crippen LogP contribution in [-0.4, -0.2) is 43.9 Å². The molecule has 2 aromatic rings. The van der Waals surface area contributed by atoms with Crippen molar-refractivity contribution in [2.24, 2.45) is 11.1 Å². The molecule has 0 bridgehead atoms. The Labute approximate surface area is 165 Å². The number of carbonyl (C=O) groups is 1. The van der Waals surface area contributed by atoms with Crippen LogP contribution in [0.5, 0.6) is 0 Å². The first kappa shape index (κ1) is 20.2. The first-order chi connectivity index (χ1) is 13.3. The Kier molecular flexibility index (Phi) is 6.25. The largest absolute Gasteiger partial charge is 0.356 e. The molecule has 0 radical (unpaired) electrons. The van der Waals surface area contributed by atoms with Gasteiger partial charge in [-0.25, -0.2) is 23.5 Å². The lowest BCUT2D eigenvalue weighted by Crippen LogP contribution is -2.41. The molecule has 1 saturated heterocycles. The van der Waals surface area contributed by atoms with Crippen molar-refractivity contribution in [2.75, 3.05) is 24.5 Å². The lowest BCUT2D eigenvalue weighted by molar-refractivity contribution is -0.125. The number of amides is 1. The fraction of sp³-hybridized carbons (Fsp3) is 0.421. The molecule has 0 atom stereocenters. The van der Waals surface area contributed by atoms with E-state index in [1.165, 1.54) is 12.1 Å². The van der Waals surface area contributed by atoms with Crippen molar-refractivity contribution in [2.45, 2.75) is 31.1 Å². The first-order valence-corrected chi connectivity index (χ1v) is 10.8. The number of nitrogens with zero attached hydrogens (tertiary/aromatic N) is 3. The van der Waals surface area contributed by atoms with Gasteiger partial charge in [0, 0.05) is 37.4 Å². The maximum absolute atomic E-state index is 12.4. The number of aromatic nitrogens is 2. The molecule has 8 nitrogen and oxygen atoms in total. The first-order valence-electron chi connectivity index (χ1n) is 9.27. The maximum atomic E-state index is 12.4. The highest BCUT2D eigenvalue weighted by Gasteiger charge is 2.25. The zero-order valence-electron chi connectivity index (χ0n) is 15.8. The number of anilines is 1. The van der Waals surface area contributed by atoms with Gasteiger partial charge in [0.05, 0.1) is 4.90 Å². The van der Waals surface area contributed by atoms with Crippen molar-refractivity contribution in [3.05, 3.63) is 47.8 Å². The van der Waals surface area contributed by atoms with Gasteiger partial charge in [-0.05, 0) is 49.9 Å². The third kappa shape index (κ3) is 5.26. The van der Waals surface area contributed by atoms with Crippen LogP contribution in [0.4, 0.5) is 5.95 Å². The molecule has 3 N–H and O–H groups in total. The Morgan fingerprint density at radius 1 is 1.21 bits per heavy atom.